The van der Waals surface area contributed by atoms with Gasteiger partial charge in [0.2, 0.25) is 0 Å². The molecule has 0 aliphatic heterocycles. The minimum absolute atomic E-state index is 0.784. The average molecular weight is 322 g/mol. The van der Waals surface area contributed by atoms with Gasteiger partial charge in [0.25, 0.3) is 0 Å². The Morgan fingerprint density at radius 1 is 1.19 bits per heavy atom. The SMILES string of the molecule is CCCNc1nc(-c2ccc(Cl)s2)nc2c1CCCCC2. The summed E-state index contributed by atoms with van der Waals surface area (Å²) >= 11 is 7.59. The highest BCUT2D eigenvalue weighted by atomic mass is 35.5. The molecule has 0 atom stereocenters. The summed E-state index contributed by atoms with van der Waals surface area (Å²) in [5.41, 5.74) is 2.55. The Bertz CT molecular complexity index is 624. The van der Waals surface area contributed by atoms with E-state index >= 15 is 0 Å². The Kier molecular flexibility index (Phi) is 4.76. The van der Waals surface area contributed by atoms with Gasteiger partial charge in [-0.3, -0.25) is 0 Å². The second-order valence-electron chi connectivity index (χ2n) is 5.41. The van der Waals surface area contributed by atoms with Crippen molar-refractivity contribution in [2.75, 3.05) is 11.9 Å². The third-order valence-electron chi connectivity index (χ3n) is 3.77. The molecular formula is C16H20ClN3S. The third-order valence-corrected chi connectivity index (χ3v) is 5.00. The number of thiophene rings is 1. The summed E-state index contributed by atoms with van der Waals surface area (Å²) in [6.07, 6.45) is 6.99. The van der Waals surface area contributed by atoms with E-state index in [-0.39, 0.29) is 0 Å². The van der Waals surface area contributed by atoms with Crippen LogP contribution in [-0.4, -0.2) is 16.5 Å². The Morgan fingerprint density at radius 3 is 2.81 bits per heavy atom. The van der Waals surface area contributed by atoms with Gasteiger partial charge in [0.15, 0.2) is 5.82 Å². The van der Waals surface area contributed by atoms with E-state index in [2.05, 4.69) is 12.2 Å². The van der Waals surface area contributed by atoms with Gasteiger partial charge in [0.05, 0.1) is 9.21 Å². The molecule has 0 saturated heterocycles. The molecule has 5 heteroatoms. The van der Waals surface area contributed by atoms with Gasteiger partial charge in [0.1, 0.15) is 5.82 Å². The molecule has 21 heavy (non-hydrogen) atoms. The Morgan fingerprint density at radius 2 is 2.05 bits per heavy atom. The highest BCUT2D eigenvalue weighted by molar-refractivity contribution is 7.19. The maximum Gasteiger partial charge on any atom is 0.171 e. The zero-order chi connectivity index (χ0) is 14.7. The topological polar surface area (TPSA) is 37.8 Å². The first-order valence-corrected chi connectivity index (χ1v) is 8.86. The van der Waals surface area contributed by atoms with Crippen molar-refractivity contribution in [1.82, 2.24) is 9.97 Å². The Hall–Kier alpha value is -1.13. The lowest BCUT2D eigenvalue weighted by Gasteiger charge is -2.14. The lowest BCUT2D eigenvalue weighted by molar-refractivity contribution is 0.709. The zero-order valence-electron chi connectivity index (χ0n) is 12.3. The number of halogens is 1. The fraction of sp³-hybridized carbons (Fsp3) is 0.500. The summed E-state index contributed by atoms with van der Waals surface area (Å²) < 4.78 is 0.784. The summed E-state index contributed by atoms with van der Waals surface area (Å²) in [5.74, 6) is 1.84. The van der Waals surface area contributed by atoms with Crippen molar-refractivity contribution in [3.63, 3.8) is 0 Å². The minimum atomic E-state index is 0.784. The van der Waals surface area contributed by atoms with Gasteiger partial charge in [-0.1, -0.05) is 24.9 Å². The Balaban J connectivity index is 2.03. The molecule has 0 bridgehead atoms. The van der Waals surface area contributed by atoms with Crippen molar-refractivity contribution in [3.8, 4) is 10.7 Å². The summed E-state index contributed by atoms with van der Waals surface area (Å²) in [7, 11) is 0. The third kappa shape index (κ3) is 3.38. The molecule has 2 aromatic heterocycles. The molecule has 0 radical (unpaired) electrons. The lowest BCUT2D eigenvalue weighted by atomic mass is 10.1. The summed E-state index contributed by atoms with van der Waals surface area (Å²) in [6, 6.07) is 3.92. The summed E-state index contributed by atoms with van der Waals surface area (Å²) in [4.78, 5) is 10.7. The van der Waals surface area contributed by atoms with Crippen LogP contribution >= 0.6 is 22.9 Å². The zero-order valence-corrected chi connectivity index (χ0v) is 13.9. The number of nitrogens with zero attached hydrogens (tertiary/aromatic N) is 2. The van der Waals surface area contributed by atoms with E-state index < -0.39 is 0 Å². The molecule has 1 N–H and O–H groups in total. The second-order valence-corrected chi connectivity index (χ2v) is 7.13. The summed E-state index contributed by atoms with van der Waals surface area (Å²) in [6.45, 7) is 3.13. The quantitative estimate of drug-likeness (QED) is 0.810. The molecule has 0 amide bonds. The monoisotopic (exact) mass is 321 g/mol. The molecule has 0 spiro atoms. The first-order chi connectivity index (χ1) is 10.3. The minimum Gasteiger partial charge on any atom is -0.370 e. The van der Waals surface area contributed by atoms with E-state index in [1.54, 1.807) is 11.3 Å². The first kappa shape index (κ1) is 14.8. The number of nitrogens with one attached hydrogen (secondary N) is 1. The number of anilines is 1. The van der Waals surface area contributed by atoms with Crippen LogP contribution in [0.15, 0.2) is 12.1 Å². The summed E-state index contributed by atoms with van der Waals surface area (Å²) in [5, 5.41) is 3.49. The lowest BCUT2D eigenvalue weighted by Crippen LogP contribution is -2.10. The largest absolute Gasteiger partial charge is 0.370 e. The standard InChI is InChI=1S/C16H20ClN3S/c1-2-10-18-15-11-6-4-3-5-7-12(11)19-16(20-15)13-8-9-14(17)21-13/h8-9H,2-7,10H2,1H3,(H,18,19,20). The van der Waals surface area contributed by atoms with Gasteiger partial charge in [-0.25, -0.2) is 9.97 Å². The van der Waals surface area contributed by atoms with Gasteiger partial charge >= 0.3 is 0 Å². The van der Waals surface area contributed by atoms with Crippen molar-refractivity contribution in [1.29, 1.82) is 0 Å². The molecule has 0 unspecified atom stereocenters. The molecule has 0 saturated carbocycles. The van der Waals surface area contributed by atoms with Crippen LogP contribution in [0, 0.1) is 0 Å². The molecule has 1 aliphatic rings. The molecule has 2 aromatic rings. The molecule has 0 aromatic carbocycles. The maximum absolute atomic E-state index is 6.05. The van der Waals surface area contributed by atoms with E-state index in [0.717, 1.165) is 46.7 Å². The van der Waals surface area contributed by atoms with Crippen LogP contribution in [0.5, 0.6) is 0 Å². The highest BCUT2D eigenvalue weighted by Gasteiger charge is 2.18. The Labute approximate surface area is 134 Å². The van der Waals surface area contributed by atoms with Gasteiger partial charge in [-0.15, -0.1) is 11.3 Å². The van der Waals surface area contributed by atoms with Gasteiger partial charge in [0, 0.05) is 17.8 Å². The predicted octanol–water partition coefficient (Wildman–Crippen LogP) is 4.95. The van der Waals surface area contributed by atoms with Crippen molar-refractivity contribution in [3.05, 3.63) is 27.7 Å². The number of rotatable bonds is 4. The van der Waals surface area contributed by atoms with E-state index in [9.17, 15) is 0 Å². The van der Waals surface area contributed by atoms with Crippen LogP contribution < -0.4 is 5.32 Å². The molecule has 1 aliphatic carbocycles. The number of aromatic nitrogens is 2. The van der Waals surface area contributed by atoms with Crippen LogP contribution in [0.2, 0.25) is 4.34 Å². The van der Waals surface area contributed by atoms with Crippen molar-refractivity contribution in [2.45, 2.75) is 45.4 Å². The number of fused-ring (bicyclic) bond motifs is 1. The predicted molar refractivity (Wildman–Crippen MR) is 90.4 cm³/mol. The van der Waals surface area contributed by atoms with Crippen LogP contribution in [0.25, 0.3) is 10.7 Å². The average Bonchev–Trinajstić information content (AvgIpc) is 2.78. The van der Waals surface area contributed by atoms with Crippen LogP contribution in [0.4, 0.5) is 5.82 Å². The second kappa shape index (κ2) is 6.75. The van der Waals surface area contributed by atoms with Crippen LogP contribution in [0.1, 0.15) is 43.9 Å². The van der Waals surface area contributed by atoms with E-state index in [4.69, 9.17) is 21.6 Å². The smallest absolute Gasteiger partial charge is 0.171 e. The van der Waals surface area contributed by atoms with Gasteiger partial charge in [-0.2, -0.15) is 0 Å². The number of hydrogen-bond acceptors (Lipinski definition) is 4. The first-order valence-electron chi connectivity index (χ1n) is 7.67. The molecule has 112 valence electrons. The van der Waals surface area contributed by atoms with Gasteiger partial charge < -0.3 is 5.32 Å². The molecule has 2 heterocycles. The molecule has 3 nitrogen and oxygen atoms in total. The fourth-order valence-electron chi connectivity index (χ4n) is 2.71. The fourth-order valence-corrected chi connectivity index (χ4v) is 3.68. The van der Waals surface area contributed by atoms with Crippen molar-refractivity contribution >= 4 is 28.8 Å². The van der Waals surface area contributed by atoms with E-state index in [0.29, 0.717) is 0 Å². The molecular weight excluding hydrogens is 302 g/mol. The van der Waals surface area contributed by atoms with Crippen LogP contribution in [0.3, 0.4) is 0 Å². The number of hydrogen-bond donors (Lipinski definition) is 1. The normalized spacial score (nSPS) is 14.6. The van der Waals surface area contributed by atoms with Crippen molar-refractivity contribution < 1.29 is 0 Å². The van der Waals surface area contributed by atoms with Crippen LogP contribution in [-0.2, 0) is 12.8 Å². The van der Waals surface area contributed by atoms with Gasteiger partial charge in [-0.05, 0) is 44.2 Å². The highest BCUT2D eigenvalue weighted by Crippen LogP contribution is 2.32. The molecule has 0 fully saturated rings. The van der Waals surface area contributed by atoms with E-state index in [1.807, 2.05) is 12.1 Å². The van der Waals surface area contributed by atoms with E-state index in [1.165, 1.54) is 30.5 Å². The molecule has 3 rings (SSSR count). The number of aryl methyl sites for hydroxylation is 1. The van der Waals surface area contributed by atoms with Crippen molar-refractivity contribution in [2.24, 2.45) is 0 Å². The maximum atomic E-state index is 6.05.